The number of aryl methyl sites for hydroxylation is 1. The Morgan fingerprint density at radius 1 is 1.07 bits per heavy atom. The van der Waals surface area contributed by atoms with Crippen molar-refractivity contribution < 1.29 is 32.1 Å². The van der Waals surface area contributed by atoms with E-state index in [0.29, 0.717) is 24.3 Å². The Labute approximate surface area is 244 Å². The van der Waals surface area contributed by atoms with Crippen LogP contribution in [0.2, 0.25) is 0 Å². The first kappa shape index (κ1) is 32.0. The van der Waals surface area contributed by atoms with Gasteiger partial charge in [-0.05, 0) is 68.3 Å². The number of hydrogen-bond donors (Lipinski definition) is 1. The molecule has 11 nitrogen and oxygen atoms in total. The van der Waals surface area contributed by atoms with Crippen molar-refractivity contribution in [1.29, 1.82) is 0 Å². The third-order valence-corrected chi connectivity index (χ3v) is 8.36. The minimum Gasteiger partial charge on any atom is -0.497 e. The third-order valence-electron chi connectivity index (χ3n) is 6.59. The highest BCUT2D eigenvalue weighted by molar-refractivity contribution is 7.92. The average molecular weight is 601 g/mol. The van der Waals surface area contributed by atoms with Gasteiger partial charge in [-0.1, -0.05) is 25.1 Å². The van der Waals surface area contributed by atoms with Crippen LogP contribution < -0.4 is 14.4 Å². The number of carbonyl (C=O) groups is 2. The van der Waals surface area contributed by atoms with E-state index in [1.165, 1.54) is 86.5 Å². The average Bonchev–Trinajstić information content (AvgIpc) is 2.97. The fourth-order valence-corrected chi connectivity index (χ4v) is 5.55. The van der Waals surface area contributed by atoms with Gasteiger partial charge in [-0.3, -0.25) is 24.0 Å². The molecule has 0 saturated heterocycles. The number of sulfonamides is 1. The van der Waals surface area contributed by atoms with E-state index in [0.717, 1.165) is 10.4 Å². The Morgan fingerprint density at radius 2 is 1.71 bits per heavy atom. The number of nitrogens with one attached hydrogen (secondary N) is 1. The predicted octanol–water partition coefficient (Wildman–Crippen LogP) is 4.19. The number of nitrogens with zero attached hydrogens (tertiary/aromatic N) is 3. The first-order chi connectivity index (χ1) is 19.9. The van der Waals surface area contributed by atoms with Crippen LogP contribution >= 0.6 is 0 Å². The van der Waals surface area contributed by atoms with Gasteiger partial charge in [-0.15, -0.1) is 0 Å². The molecule has 0 bridgehead atoms. The summed E-state index contributed by atoms with van der Waals surface area (Å²) in [6.07, 6.45) is 0.663. The smallest absolute Gasteiger partial charge is 0.273 e. The lowest BCUT2D eigenvalue weighted by molar-refractivity contribution is -0.385. The molecular formula is C29H33FN4O7S. The monoisotopic (exact) mass is 600 g/mol. The van der Waals surface area contributed by atoms with Gasteiger partial charge in [0.05, 0.1) is 22.6 Å². The lowest BCUT2D eigenvalue weighted by Gasteiger charge is -2.32. The van der Waals surface area contributed by atoms with Crippen molar-refractivity contribution in [1.82, 2.24) is 10.2 Å². The van der Waals surface area contributed by atoms with Gasteiger partial charge < -0.3 is 15.0 Å². The number of amides is 2. The molecular weight excluding hydrogens is 567 g/mol. The molecule has 3 aromatic carbocycles. The Kier molecular flexibility index (Phi) is 10.6. The molecule has 0 aromatic heterocycles. The first-order valence-corrected chi connectivity index (χ1v) is 14.6. The molecule has 0 aliphatic carbocycles. The lowest BCUT2D eigenvalue weighted by atomic mass is 10.1. The highest BCUT2D eigenvalue weighted by Gasteiger charge is 2.33. The van der Waals surface area contributed by atoms with Crippen LogP contribution in [0.15, 0.2) is 71.6 Å². The highest BCUT2D eigenvalue weighted by atomic mass is 32.2. The summed E-state index contributed by atoms with van der Waals surface area (Å²) in [6.45, 7) is 4.41. The molecule has 0 aliphatic heterocycles. The van der Waals surface area contributed by atoms with E-state index in [9.17, 15) is 32.5 Å². The van der Waals surface area contributed by atoms with Crippen molar-refractivity contribution in [2.45, 2.75) is 44.7 Å². The van der Waals surface area contributed by atoms with Crippen LogP contribution in [0.1, 0.15) is 31.4 Å². The molecule has 1 N–H and O–H groups in total. The summed E-state index contributed by atoms with van der Waals surface area (Å²) < 4.78 is 47.5. The molecule has 3 rings (SSSR count). The van der Waals surface area contributed by atoms with Gasteiger partial charge in [0.25, 0.3) is 15.7 Å². The maximum absolute atomic E-state index is 14.0. The van der Waals surface area contributed by atoms with E-state index in [2.05, 4.69) is 5.32 Å². The summed E-state index contributed by atoms with van der Waals surface area (Å²) in [5, 5.41) is 14.3. The van der Waals surface area contributed by atoms with Crippen molar-refractivity contribution in [2.75, 3.05) is 24.5 Å². The second kappa shape index (κ2) is 13.9. The van der Waals surface area contributed by atoms with Gasteiger partial charge in [0, 0.05) is 24.7 Å². The van der Waals surface area contributed by atoms with Crippen LogP contribution in [-0.4, -0.2) is 56.3 Å². The lowest BCUT2D eigenvalue weighted by Crippen LogP contribution is -2.51. The number of benzene rings is 3. The SMILES string of the molecule is CCCNC(=O)[C@@H](C)N(Cc1ccc(F)cc1)C(=O)CN(c1ccc(OC)cc1)S(=O)(=O)c1ccc(C)c([N+](=O)[O-])c1. The zero-order valence-electron chi connectivity index (χ0n) is 23.7. The van der Waals surface area contributed by atoms with Crippen molar-refractivity contribution >= 4 is 33.2 Å². The number of hydrogen-bond acceptors (Lipinski definition) is 7. The number of methoxy groups -OCH3 is 1. The highest BCUT2D eigenvalue weighted by Crippen LogP contribution is 2.29. The third kappa shape index (κ3) is 7.60. The Morgan fingerprint density at radius 3 is 2.29 bits per heavy atom. The van der Waals surface area contributed by atoms with Crippen LogP contribution in [-0.2, 0) is 26.2 Å². The van der Waals surface area contributed by atoms with Gasteiger partial charge in [-0.2, -0.15) is 0 Å². The Bertz CT molecular complexity index is 1530. The first-order valence-electron chi connectivity index (χ1n) is 13.1. The molecule has 3 aromatic rings. The molecule has 1 atom stereocenters. The zero-order chi connectivity index (χ0) is 31.0. The quantitative estimate of drug-likeness (QED) is 0.229. The van der Waals surface area contributed by atoms with Crippen molar-refractivity contribution in [3.63, 3.8) is 0 Å². The van der Waals surface area contributed by atoms with Gasteiger partial charge in [0.2, 0.25) is 11.8 Å². The minimum atomic E-state index is -4.52. The summed E-state index contributed by atoms with van der Waals surface area (Å²) in [5.41, 5.74) is 0.491. The van der Waals surface area contributed by atoms with Crippen LogP contribution in [0.4, 0.5) is 15.8 Å². The summed E-state index contributed by atoms with van der Waals surface area (Å²) >= 11 is 0. The predicted molar refractivity (Wildman–Crippen MR) is 155 cm³/mol. The van der Waals surface area contributed by atoms with Crippen LogP contribution in [0.5, 0.6) is 5.75 Å². The normalized spacial score (nSPS) is 11.8. The molecule has 0 spiro atoms. The van der Waals surface area contributed by atoms with Crippen molar-refractivity contribution in [2.24, 2.45) is 0 Å². The van der Waals surface area contributed by atoms with E-state index >= 15 is 0 Å². The fourth-order valence-electron chi connectivity index (χ4n) is 4.12. The molecule has 42 heavy (non-hydrogen) atoms. The standard InChI is InChI=1S/C29H33FN4O7S/c1-5-16-31-29(36)21(3)32(18-22-7-9-23(30)10-8-22)28(35)19-33(24-11-13-25(41-4)14-12-24)42(39,40)26-15-6-20(2)27(17-26)34(37)38/h6-15,17,21H,5,16,18-19H2,1-4H3,(H,31,36)/t21-/m1/s1. The maximum Gasteiger partial charge on any atom is 0.273 e. The molecule has 0 aliphatic rings. The van der Waals surface area contributed by atoms with Gasteiger partial charge in [-0.25, -0.2) is 12.8 Å². The summed E-state index contributed by atoms with van der Waals surface area (Å²) in [5.74, 6) is -1.21. The van der Waals surface area contributed by atoms with Crippen molar-refractivity contribution in [3.05, 3.63) is 93.8 Å². The van der Waals surface area contributed by atoms with E-state index < -0.39 is 50.9 Å². The Balaban J connectivity index is 2.08. The largest absolute Gasteiger partial charge is 0.497 e. The minimum absolute atomic E-state index is 0.0946. The van der Waals surface area contributed by atoms with Gasteiger partial charge in [0.15, 0.2) is 0 Å². The number of rotatable bonds is 13. The number of anilines is 1. The zero-order valence-corrected chi connectivity index (χ0v) is 24.6. The second-order valence-corrected chi connectivity index (χ2v) is 11.4. The Hall–Kier alpha value is -4.52. The van der Waals surface area contributed by atoms with Gasteiger partial charge in [0.1, 0.15) is 24.2 Å². The molecule has 13 heteroatoms. The van der Waals surface area contributed by atoms with Crippen LogP contribution in [0, 0.1) is 22.9 Å². The molecule has 0 saturated carbocycles. The number of nitro benzene ring substituents is 1. The number of nitro groups is 1. The van der Waals surface area contributed by atoms with E-state index in [-0.39, 0.29) is 22.7 Å². The summed E-state index contributed by atoms with van der Waals surface area (Å²) in [4.78, 5) is 38.5. The number of ether oxygens (including phenoxy) is 1. The maximum atomic E-state index is 14.0. The summed E-state index contributed by atoms with van der Waals surface area (Å²) in [6, 6.07) is 13.8. The molecule has 2 amide bonds. The molecule has 224 valence electrons. The van der Waals surface area contributed by atoms with E-state index in [4.69, 9.17) is 4.74 Å². The molecule has 0 fully saturated rings. The van der Waals surface area contributed by atoms with E-state index in [1.807, 2.05) is 6.92 Å². The van der Waals surface area contributed by atoms with E-state index in [1.54, 1.807) is 0 Å². The van der Waals surface area contributed by atoms with Gasteiger partial charge >= 0.3 is 0 Å². The summed E-state index contributed by atoms with van der Waals surface area (Å²) in [7, 11) is -3.08. The fraction of sp³-hybridized carbons (Fsp3) is 0.310. The number of carbonyl (C=O) groups excluding carboxylic acids is 2. The van der Waals surface area contributed by atoms with Crippen LogP contribution in [0.25, 0.3) is 0 Å². The van der Waals surface area contributed by atoms with Crippen molar-refractivity contribution in [3.8, 4) is 5.75 Å². The topological polar surface area (TPSA) is 139 Å². The molecule has 0 heterocycles. The molecule has 0 unspecified atom stereocenters. The molecule has 0 radical (unpaired) electrons. The second-order valence-electron chi connectivity index (χ2n) is 9.53. The van der Waals surface area contributed by atoms with Crippen LogP contribution in [0.3, 0.4) is 0 Å². The number of halogens is 1.